The Kier molecular flexibility index (Phi) is 4.80. The Balaban J connectivity index is 1.41. The molecule has 0 spiro atoms. The summed E-state index contributed by atoms with van der Waals surface area (Å²) in [6.45, 7) is 1.74. The van der Waals surface area contributed by atoms with Gasteiger partial charge in [0.05, 0.1) is 0 Å². The van der Waals surface area contributed by atoms with Crippen LogP contribution in [-0.4, -0.2) is 6.54 Å². The van der Waals surface area contributed by atoms with E-state index in [1.807, 2.05) is 30.3 Å². The molecular formula is C23H23NO. The minimum absolute atomic E-state index is 0.530. The van der Waals surface area contributed by atoms with Crippen molar-refractivity contribution in [1.82, 2.24) is 5.32 Å². The second-order valence-corrected chi connectivity index (χ2v) is 6.57. The van der Waals surface area contributed by atoms with Gasteiger partial charge in [0.2, 0.25) is 0 Å². The smallest absolute Gasteiger partial charge is 0.119 e. The van der Waals surface area contributed by atoms with Crippen molar-refractivity contribution >= 4 is 0 Å². The normalized spacial score (nSPS) is 16.7. The van der Waals surface area contributed by atoms with Crippen molar-refractivity contribution in [3.05, 3.63) is 90.0 Å². The fourth-order valence-corrected chi connectivity index (χ4v) is 3.36. The van der Waals surface area contributed by atoms with E-state index in [1.54, 1.807) is 0 Å². The number of benzene rings is 3. The van der Waals surface area contributed by atoms with Gasteiger partial charge in [0.15, 0.2) is 0 Å². The number of hydrogen-bond donors (Lipinski definition) is 1. The summed E-state index contributed by atoms with van der Waals surface area (Å²) in [4.78, 5) is 0. The van der Waals surface area contributed by atoms with E-state index in [1.165, 1.54) is 35.1 Å². The number of rotatable bonds is 5. The fourth-order valence-electron chi connectivity index (χ4n) is 3.36. The lowest BCUT2D eigenvalue weighted by Crippen LogP contribution is -2.12. The van der Waals surface area contributed by atoms with Gasteiger partial charge in [-0.2, -0.15) is 0 Å². The molecule has 1 aliphatic heterocycles. The lowest BCUT2D eigenvalue weighted by molar-refractivity contribution is 0.306. The van der Waals surface area contributed by atoms with Crippen LogP contribution in [0.1, 0.15) is 30.0 Å². The van der Waals surface area contributed by atoms with Crippen LogP contribution in [0.4, 0.5) is 0 Å². The Morgan fingerprint density at radius 3 is 2.12 bits per heavy atom. The summed E-state index contributed by atoms with van der Waals surface area (Å²) < 4.78 is 5.86. The molecule has 1 fully saturated rings. The Labute approximate surface area is 149 Å². The average molecular weight is 329 g/mol. The molecule has 0 radical (unpaired) electrons. The average Bonchev–Trinajstić information content (AvgIpc) is 3.23. The minimum atomic E-state index is 0.530. The Hall–Kier alpha value is -2.58. The number of hydrogen-bond acceptors (Lipinski definition) is 2. The molecule has 0 amide bonds. The second-order valence-electron chi connectivity index (χ2n) is 6.57. The first-order valence-electron chi connectivity index (χ1n) is 8.99. The van der Waals surface area contributed by atoms with Crippen LogP contribution in [0, 0.1) is 0 Å². The quantitative estimate of drug-likeness (QED) is 0.680. The molecule has 2 heteroatoms. The van der Waals surface area contributed by atoms with Gasteiger partial charge >= 0.3 is 0 Å². The summed E-state index contributed by atoms with van der Waals surface area (Å²) >= 11 is 0. The zero-order valence-electron chi connectivity index (χ0n) is 14.3. The molecule has 1 saturated heterocycles. The van der Waals surface area contributed by atoms with Crippen molar-refractivity contribution in [2.75, 3.05) is 6.54 Å². The van der Waals surface area contributed by atoms with E-state index < -0.39 is 0 Å². The van der Waals surface area contributed by atoms with E-state index in [9.17, 15) is 0 Å². The van der Waals surface area contributed by atoms with Crippen LogP contribution in [0.3, 0.4) is 0 Å². The highest BCUT2D eigenvalue weighted by atomic mass is 16.5. The lowest BCUT2D eigenvalue weighted by Gasteiger charge is -2.12. The molecule has 0 saturated carbocycles. The Morgan fingerprint density at radius 2 is 1.48 bits per heavy atom. The first kappa shape index (κ1) is 15.9. The van der Waals surface area contributed by atoms with Gasteiger partial charge in [-0.1, -0.05) is 66.7 Å². The fraction of sp³-hybridized carbons (Fsp3) is 0.217. The van der Waals surface area contributed by atoms with Crippen LogP contribution in [-0.2, 0) is 6.61 Å². The van der Waals surface area contributed by atoms with Crippen molar-refractivity contribution < 1.29 is 4.74 Å². The molecule has 0 aliphatic carbocycles. The third-order valence-corrected chi connectivity index (χ3v) is 4.81. The molecule has 2 nitrogen and oxygen atoms in total. The maximum Gasteiger partial charge on any atom is 0.119 e. The molecular weight excluding hydrogens is 306 g/mol. The SMILES string of the molecule is c1ccc(COc2ccc(-c3ccc(C4CCCN4)cc3)cc2)cc1. The summed E-state index contributed by atoms with van der Waals surface area (Å²) in [5.74, 6) is 0.902. The predicted molar refractivity (Wildman–Crippen MR) is 103 cm³/mol. The van der Waals surface area contributed by atoms with Crippen LogP contribution >= 0.6 is 0 Å². The van der Waals surface area contributed by atoms with Gasteiger partial charge in [-0.15, -0.1) is 0 Å². The molecule has 0 aromatic heterocycles. The van der Waals surface area contributed by atoms with E-state index in [4.69, 9.17) is 4.74 Å². The molecule has 1 N–H and O–H groups in total. The van der Waals surface area contributed by atoms with Gasteiger partial charge in [-0.3, -0.25) is 0 Å². The van der Waals surface area contributed by atoms with E-state index >= 15 is 0 Å². The first-order chi connectivity index (χ1) is 12.4. The molecule has 1 atom stereocenters. The van der Waals surface area contributed by atoms with Crippen LogP contribution in [0.2, 0.25) is 0 Å². The maximum absolute atomic E-state index is 5.86. The zero-order chi connectivity index (χ0) is 16.9. The maximum atomic E-state index is 5.86. The van der Waals surface area contributed by atoms with Crippen molar-refractivity contribution in [2.45, 2.75) is 25.5 Å². The molecule has 126 valence electrons. The topological polar surface area (TPSA) is 21.3 Å². The van der Waals surface area contributed by atoms with Gasteiger partial charge in [-0.25, -0.2) is 0 Å². The standard InChI is InChI=1S/C23H23NO/c1-2-5-18(6-3-1)17-25-22-14-12-20(13-15-22)19-8-10-21(11-9-19)23-7-4-16-24-23/h1-3,5-6,8-15,23-24H,4,7,16-17H2. The largest absolute Gasteiger partial charge is 0.489 e. The van der Waals surface area contributed by atoms with Crippen LogP contribution in [0.5, 0.6) is 5.75 Å². The van der Waals surface area contributed by atoms with Gasteiger partial charge in [-0.05, 0) is 53.8 Å². The third kappa shape index (κ3) is 3.92. The van der Waals surface area contributed by atoms with Gasteiger partial charge in [0.25, 0.3) is 0 Å². The molecule has 3 aromatic rings. The van der Waals surface area contributed by atoms with E-state index in [0.717, 1.165) is 12.3 Å². The number of ether oxygens (including phenoxy) is 1. The van der Waals surface area contributed by atoms with E-state index in [-0.39, 0.29) is 0 Å². The van der Waals surface area contributed by atoms with Gasteiger partial charge in [0.1, 0.15) is 12.4 Å². The summed E-state index contributed by atoms with van der Waals surface area (Å²) in [5, 5.41) is 3.55. The summed E-state index contributed by atoms with van der Waals surface area (Å²) in [7, 11) is 0. The van der Waals surface area contributed by atoms with Gasteiger partial charge in [0, 0.05) is 6.04 Å². The summed E-state index contributed by atoms with van der Waals surface area (Å²) in [6.07, 6.45) is 2.52. The van der Waals surface area contributed by atoms with Crippen molar-refractivity contribution in [2.24, 2.45) is 0 Å². The van der Waals surface area contributed by atoms with Crippen molar-refractivity contribution in [3.63, 3.8) is 0 Å². The molecule has 1 heterocycles. The van der Waals surface area contributed by atoms with Crippen molar-refractivity contribution in [3.8, 4) is 16.9 Å². The predicted octanol–water partition coefficient (Wildman–Crippen LogP) is 5.36. The van der Waals surface area contributed by atoms with Crippen LogP contribution in [0.15, 0.2) is 78.9 Å². The number of nitrogens with one attached hydrogen (secondary N) is 1. The van der Waals surface area contributed by atoms with E-state index in [0.29, 0.717) is 12.6 Å². The third-order valence-electron chi connectivity index (χ3n) is 4.81. The summed E-state index contributed by atoms with van der Waals surface area (Å²) in [5.41, 5.74) is 5.04. The van der Waals surface area contributed by atoms with Crippen LogP contribution < -0.4 is 10.1 Å². The Bertz CT molecular complexity index is 788. The van der Waals surface area contributed by atoms with E-state index in [2.05, 4.69) is 53.8 Å². The monoisotopic (exact) mass is 329 g/mol. The first-order valence-corrected chi connectivity index (χ1v) is 8.99. The molecule has 3 aromatic carbocycles. The lowest BCUT2D eigenvalue weighted by atomic mass is 10.00. The van der Waals surface area contributed by atoms with Gasteiger partial charge < -0.3 is 10.1 Å². The van der Waals surface area contributed by atoms with Crippen LogP contribution in [0.25, 0.3) is 11.1 Å². The molecule has 0 bridgehead atoms. The van der Waals surface area contributed by atoms with Crippen molar-refractivity contribution in [1.29, 1.82) is 0 Å². The molecule has 1 unspecified atom stereocenters. The summed E-state index contributed by atoms with van der Waals surface area (Å²) in [6, 6.07) is 28.1. The minimum Gasteiger partial charge on any atom is -0.489 e. The molecule has 25 heavy (non-hydrogen) atoms. The molecule has 1 aliphatic rings. The highest BCUT2D eigenvalue weighted by Crippen LogP contribution is 2.27. The second kappa shape index (κ2) is 7.54. The zero-order valence-corrected chi connectivity index (χ0v) is 14.3. The highest BCUT2D eigenvalue weighted by Gasteiger charge is 2.15. The highest BCUT2D eigenvalue weighted by molar-refractivity contribution is 5.64. The molecule has 4 rings (SSSR count). The Morgan fingerprint density at radius 1 is 0.800 bits per heavy atom.